The quantitative estimate of drug-likeness (QED) is 0.180. The minimum atomic E-state index is -1.76. The van der Waals surface area contributed by atoms with Crippen molar-refractivity contribution in [1.29, 1.82) is 0 Å². The number of primary amides is 1. The SMILES string of the molecule is CN(C(=O)N1CCOCC1)c1ccc(OCC(=O)N[C@@H](CC(N)=O)C(=O)NC(Cc2ccccc2)C(O)C(=O)N2CCC[C@H]2C(=O)NC(C)(C)C)cc1. The van der Waals surface area contributed by atoms with Crippen molar-refractivity contribution in [3.05, 3.63) is 60.2 Å². The third-order valence-electron chi connectivity index (χ3n) is 8.82. The Morgan fingerprint density at radius 2 is 1.64 bits per heavy atom. The molecule has 0 bridgehead atoms. The monoisotopic (exact) mass is 737 g/mol. The molecule has 0 saturated carbocycles. The second-order valence-corrected chi connectivity index (χ2v) is 14.2. The Bertz CT molecular complexity index is 1590. The number of hydrogen-bond donors (Lipinski definition) is 5. The third-order valence-corrected chi connectivity index (χ3v) is 8.82. The number of nitrogens with one attached hydrogen (secondary N) is 3. The minimum Gasteiger partial charge on any atom is -0.484 e. The maximum Gasteiger partial charge on any atom is 0.324 e. The van der Waals surface area contributed by atoms with Crippen LogP contribution in [0.1, 0.15) is 45.6 Å². The number of likely N-dealkylation sites (tertiary alicyclic amines) is 1. The van der Waals surface area contributed by atoms with Crippen molar-refractivity contribution in [2.75, 3.05) is 51.4 Å². The molecule has 2 aliphatic heterocycles. The normalized spacial score (nSPS) is 17.6. The average molecular weight is 738 g/mol. The van der Waals surface area contributed by atoms with Gasteiger partial charge >= 0.3 is 6.03 Å². The van der Waals surface area contributed by atoms with Gasteiger partial charge in [0.05, 0.1) is 25.7 Å². The van der Waals surface area contributed by atoms with Crippen molar-refractivity contribution in [1.82, 2.24) is 25.8 Å². The van der Waals surface area contributed by atoms with Gasteiger partial charge in [0.25, 0.3) is 11.8 Å². The van der Waals surface area contributed by atoms with Gasteiger partial charge in [-0.25, -0.2) is 4.79 Å². The van der Waals surface area contributed by atoms with Gasteiger partial charge in [-0.2, -0.15) is 0 Å². The number of carbonyl (C=O) groups excluding carboxylic acids is 6. The van der Waals surface area contributed by atoms with E-state index < -0.39 is 66.4 Å². The van der Waals surface area contributed by atoms with Crippen LogP contribution in [0.15, 0.2) is 54.6 Å². The summed E-state index contributed by atoms with van der Waals surface area (Å²) in [5.41, 5.74) is 6.19. The second kappa shape index (κ2) is 18.5. The van der Waals surface area contributed by atoms with Gasteiger partial charge in [0, 0.05) is 37.9 Å². The van der Waals surface area contributed by atoms with Crippen LogP contribution >= 0.6 is 0 Å². The van der Waals surface area contributed by atoms with Gasteiger partial charge in [0.1, 0.15) is 17.8 Å². The lowest BCUT2D eigenvalue weighted by atomic mass is 9.99. The second-order valence-electron chi connectivity index (χ2n) is 14.2. The first-order chi connectivity index (χ1) is 25.1. The van der Waals surface area contributed by atoms with Crippen molar-refractivity contribution in [3.8, 4) is 5.75 Å². The molecule has 7 amide bonds. The molecule has 2 aromatic rings. The number of morpholine rings is 1. The molecule has 0 aliphatic carbocycles. The number of aliphatic hydroxyl groups excluding tert-OH is 1. The number of hydrogen-bond acceptors (Lipinski definition) is 9. The molecule has 288 valence electrons. The number of amides is 7. The summed E-state index contributed by atoms with van der Waals surface area (Å²) in [5.74, 6) is -3.23. The first kappa shape index (κ1) is 40.5. The number of nitrogens with zero attached hydrogens (tertiary/aromatic N) is 3. The van der Waals surface area contributed by atoms with E-state index in [-0.39, 0.29) is 24.9 Å². The number of urea groups is 1. The van der Waals surface area contributed by atoms with E-state index in [4.69, 9.17) is 15.2 Å². The number of anilines is 1. The molecule has 2 aromatic carbocycles. The van der Waals surface area contributed by atoms with Crippen LogP contribution in [0.4, 0.5) is 10.5 Å². The van der Waals surface area contributed by atoms with Crippen LogP contribution in [0.3, 0.4) is 0 Å². The standard InChI is InChI=1S/C37H51N7O9/c1-37(2,3)41-34(49)29-11-8-16-44(29)35(50)32(47)27(21-24-9-6-5-7-10-24)40-33(48)28(22-30(38)45)39-31(46)23-53-26-14-12-25(13-15-26)42(4)36(51)43-17-19-52-20-18-43/h5-7,9-10,12-15,27-29,32,47H,8,11,16-23H2,1-4H3,(H2,38,45)(H,39,46)(H,40,48)(H,41,49)/t27?,28-,29-,32?/m0/s1. The highest BCUT2D eigenvalue weighted by atomic mass is 16.5. The van der Waals surface area contributed by atoms with Crippen LogP contribution in [0.2, 0.25) is 0 Å². The van der Waals surface area contributed by atoms with E-state index in [0.29, 0.717) is 56.1 Å². The molecule has 2 aliphatic rings. The van der Waals surface area contributed by atoms with E-state index in [2.05, 4.69) is 16.0 Å². The smallest absolute Gasteiger partial charge is 0.324 e. The number of benzene rings is 2. The van der Waals surface area contributed by atoms with Crippen LogP contribution in [-0.4, -0.2) is 127 Å². The summed E-state index contributed by atoms with van der Waals surface area (Å²) in [6.45, 7) is 7.16. The molecule has 2 heterocycles. The van der Waals surface area contributed by atoms with Gasteiger partial charge in [-0.1, -0.05) is 30.3 Å². The van der Waals surface area contributed by atoms with Gasteiger partial charge in [0.15, 0.2) is 12.7 Å². The molecule has 16 nitrogen and oxygen atoms in total. The van der Waals surface area contributed by atoms with Gasteiger partial charge in [0.2, 0.25) is 17.7 Å². The number of aliphatic hydroxyl groups is 1. The summed E-state index contributed by atoms with van der Waals surface area (Å²) in [7, 11) is 1.65. The highest BCUT2D eigenvalue weighted by Crippen LogP contribution is 2.22. The lowest BCUT2D eigenvalue weighted by Gasteiger charge is -2.32. The van der Waals surface area contributed by atoms with Crippen LogP contribution < -0.4 is 31.3 Å². The van der Waals surface area contributed by atoms with Crippen molar-refractivity contribution in [3.63, 3.8) is 0 Å². The lowest BCUT2D eigenvalue weighted by molar-refractivity contribution is -0.147. The minimum absolute atomic E-state index is 0.0236. The molecule has 0 spiro atoms. The predicted octanol–water partition coefficient (Wildman–Crippen LogP) is 0.308. The fraction of sp³-hybridized carbons (Fsp3) is 0.514. The molecule has 6 N–H and O–H groups in total. The maximum absolute atomic E-state index is 13.7. The van der Waals surface area contributed by atoms with Gasteiger partial charge in [-0.15, -0.1) is 0 Å². The molecule has 16 heteroatoms. The van der Waals surface area contributed by atoms with Crippen molar-refractivity contribution in [2.45, 2.75) is 76.2 Å². The molecular weight excluding hydrogens is 686 g/mol. The lowest BCUT2D eigenvalue weighted by Crippen LogP contribution is -2.59. The Morgan fingerprint density at radius 1 is 0.981 bits per heavy atom. The highest BCUT2D eigenvalue weighted by Gasteiger charge is 2.41. The van der Waals surface area contributed by atoms with E-state index in [1.807, 2.05) is 20.8 Å². The zero-order chi connectivity index (χ0) is 38.7. The average Bonchev–Trinajstić information content (AvgIpc) is 3.63. The summed E-state index contributed by atoms with van der Waals surface area (Å²) in [6, 6.07) is 11.7. The largest absolute Gasteiger partial charge is 0.484 e. The van der Waals surface area contributed by atoms with E-state index in [0.717, 1.165) is 0 Å². The summed E-state index contributed by atoms with van der Waals surface area (Å²) in [5, 5.41) is 19.4. The molecule has 0 aromatic heterocycles. The van der Waals surface area contributed by atoms with Crippen LogP contribution in [-0.2, 0) is 35.1 Å². The molecule has 2 unspecified atom stereocenters. The summed E-state index contributed by atoms with van der Waals surface area (Å²) < 4.78 is 10.9. The highest BCUT2D eigenvalue weighted by molar-refractivity contribution is 5.94. The van der Waals surface area contributed by atoms with Crippen molar-refractivity contribution >= 4 is 41.3 Å². The Kier molecular flexibility index (Phi) is 14.2. The maximum atomic E-state index is 13.7. The third kappa shape index (κ3) is 11.9. The van der Waals surface area contributed by atoms with Gasteiger partial charge in [-0.05, 0) is 69.9 Å². The van der Waals surface area contributed by atoms with Gasteiger partial charge < -0.3 is 46.1 Å². The number of carbonyl (C=O) groups is 6. The van der Waals surface area contributed by atoms with E-state index in [1.54, 1.807) is 66.5 Å². The van der Waals surface area contributed by atoms with Crippen molar-refractivity contribution < 1.29 is 43.3 Å². The van der Waals surface area contributed by atoms with Crippen LogP contribution in [0.5, 0.6) is 5.75 Å². The summed E-state index contributed by atoms with van der Waals surface area (Å²) >= 11 is 0. The van der Waals surface area contributed by atoms with E-state index in [9.17, 15) is 33.9 Å². The zero-order valence-electron chi connectivity index (χ0n) is 30.7. The number of ether oxygens (including phenoxy) is 2. The van der Waals surface area contributed by atoms with Gasteiger partial charge in [-0.3, -0.25) is 28.9 Å². The molecule has 53 heavy (non-hydrogen) atoms. The predicted molar refractivity (Wildman–Crippen MR) is 195 cm³/mol. The summed E-state index contributed by atoms with van der Waals surface area (Å²) in [4.78, 5) is 82.6. The molecule has 4 rings (SSSR count). The van der Waals surface area contributed by atoms with E-state index >= 15 is 0 Å². The van der Waals surface area contributed by atoms with Crippen LogP contribution in [0.25, 0.3) is 0 Å². The van der Waals surface area contributed by atoms with Crippen molar-refractivity contribution in [2.24, 2.45) is 5.73 Å². The molecule has 2 saturated heterocycles. The number of rotatable bonds is 14. The Balaban J connectivity index is 1.40. The Labute approximate surface area is 309 Å². The molecular formula is C37H51N7O9. The Morgan fingerprint density at radius 3 is 2.26 bits per heavy atom. The summed E-state index contributed by atoms with van der Waals surface area (Å²) in [6.07, 6.45) is -1.34. The fourth-order valence-corrected chi connectivity index (χ4v) is 6.13. The molecule has 0 radical (unpaired) electrons. The Hall–Kier alpha value is -5.22. The topological polar surface area (TPSA) is 213 Å². The molecule has 2 fully saturated rings. The number of nitrogens with two attached hydrogens (primary N) is 1. The first-order valence-electron chi connectivity index (χ1n) is 17.7. The zero-order valence-corrected chi connectivity index (χ0v) is 30.7. The van der Waals surface area contributed by atoms with Crippen LogP contribution in [0, 0.1) is 0 Å². The first-order valence-corrected chi connectivity index (χ1v) is 17.7. The fourth-order valence-electron chi connectivity index (χ4n) is 6.13. The molecule has 4 atom stereocenters. The van der Waals surface area contributed by atoms with E-state index in [1.165, 1.54) is 9.80 Å².